The summed E-state index contributed by atoms with van der Waals surface area (Å²) in [6.07, 6.45) is 0.994. The van der Waals surface area contributed by atoms with Crippen molar-refractivity contribution in [3.05, 3.63) is 35.9 Å². The summed E-state index contributed by atoms with van der Waals surface area (Å²) in [5, 5.41) is 24.1. The number of benzene rings is 1. The average molecular weight is 448 g/mol. The van der Waals surface area contributed by atoms with Gasteiger partial charge in [-0.15, -0.1) is 10.2 Å². The van der Waals surface area contributed by atoms with Crippen LogP contribution in [0.25, 0.3) is 11.6 Å². The summed E-state index contributed by atoms with van der Waals surface area (Å²) in [5.41, 5.74) is 0.144. The highest BCUT2D eigenvalue weighted by Gasteiger charge is 2.29. The van der Waals surface area contributed by atoms with Gasteiger partial charge in [0.2, 0.25) is 11.6 Å². The smallest absolute Gasteiger partial charge is 0.387 e. The Hall–Kier alpha value is -3.90. The number of Topliss-reactive ketones (excluding diaryl/α,β-unsaturated/α-hetero) is 1. The first kappa shape index (κ1) is 21.3. The van der Waals surface area contributed by atoms with Crippen LogP contribution >= 0.6 is 0 Å². The molecule has 0 bridgehead atoms. The molecule has 1 aliphatic heterocycles. The number of carboxylic acids is 1. The number of carbonyl (C=O) groups is 2. The van der Waals surface area contributed by atoms with Gasteiger partial charge in [-0.25, -0.2) is 0 Å². The van der Waals surface area contributed by atoms with Gasteiger partial charge in [0.1, 0.15) is 5.75 Å². The Labute approximate surface area is 179 Å². The van der Waals surface area contributed by atoms with Crippen LogP contribution in [0.4, 0.5) is 14.6 Å². The molecule has 1 aliphatic rings. The fraction of sp³-hybridized carbons (Fsp3) is 0.368. The second kappa shape index (κ2) is 9.08. The summed E-state index contributed by atoms with van der Waals surface area (Å²) in [6.45, 7) is -2.44. The van der Waals surface area contributed by atoms with E-state index in [9.17, 15) is 18.4 Å². The third-order valence-corrected chi connectivity index (χ3v) is 5.01. The van der Waals surface area contributed by atoms with Crippen LogP contribution < -0.4 is 9.64 Å². The van der Waals surface area contributed by atoms with Gasteiger partial charge in [0.15, 0.2) is 18.1 Å². The van der Waals surface area contributed by atoms with Gasteiger partial charge in [-0.3, -0.25) is 9.59 Å². The molecule has 11 nitrogen and oxygen atoms in total. The number of alkyl halides is 2. The van der Waals surface area contributed by atoms with Crippen LogP contribution in [0.2, 0.25) is 0 Å². The number of tetrazole rings is 1. The van der Waals surface area contributed by atoms with Crippen molar-refractivity contribution in [3.63, 3.8) is 0 Å². The van der Waals surface area contributed by atoms with E-state index >= 15 is 0 Å². The monoisotopic (exact) mass is 448 g/mol. The number of aromatic nitrogens is 5. The predicted molar refractivity (Wildman–Crippen MR) is 103 cm³/mol. The van der Waals surface area contributed by atoms with E-state index in [-0.39, 0.29) is 34.6 Å². The van der Waals surface area contributed by atoms with Crippen molar-refractivity contribution in [2.24, 2.45) is 5.92 Å². The minimum atomic E-state index is -3.01. The lowest BCUT2D eigenvalue weighted by Crippen LogP contribution is -2.36. The molecule has 32 heavy (non-hydrogen) atoms. The van der Waals surface area contributed by atoms with Gasteiger partial charge in [0, 0.05) is 25.1 Å². The van der Waals surface area contributed by atoms with Gasteiger partial charge in [-0.05, 0) is 30.2 Å². The van der Waals surface area contributed by atoms with E-state index in [1.54, 1.807) is 12.1 Å². The minimum Gasteiger partial charge on any atom is -0.480 e. The number of carbonyl (C=O) groups excluding carboxylic acids is 1. The molecule has 0 spiro atoms. The molecule has 168 valence electrons. The van der Waals surface area contributed by atoms with E-state index in [0.717, 1.165) is 4.80 Å². The topological polar surface area (TPSA) is 136 Å². The molecule has 0 saturated carbocycles. The van der Waals surface area contributed by atoms with E-state index in [1.165, 1.54) is 18.2 Å². The standard InChI is InChI=1S/C19H18F2N6O5/c20-19(21)31-13-4-2-1-3-12(13)17(30)11-5-7-26(8-6-11)15-9-14(32-24-15)18-22-25-27(23-18)10-16(28)29/h1-4,9,11,19H,5-8,10H2,(H,28,29). The number of hydrogen-bond donors (Lipinski definition) is 1. The van der Waals surface area contributed by atoms with E-state index in [0.29, 0.717) is 31.7 Å². The minimum absolute atomic E-state index is 0.103. The zero-order chi connectivity index (χ0) is 22.7. The van der Waals surface area contributed by atoms with E-state index in [1.807, 2.05) is 4.90 Å². The van der Waals surface area contributed by atoms with Crippen LogP contribution in [0.1, 0.15) is 23.2 Å². The molecule has 1 fully saturated rings. The van der Waals surface area contributed by atoms with Crippen LogP contribution in [0.3, 0.4) is 0 Å². The number of ketones is 1. The molecular formula is C19H18F2N6O5. The molecular weight excluding hydrogens is 430 g/mol. The molecule has 0 amide bonds. The van der Waals surface area contributed by atoms with Gasteiger partial charge in [0.25, 0.3) is 0 Å². The van der Waals surface area contributed by atoms with Crippen molar-refractivity contribution >= 4 is 17.6 Å². The highest BCUT2D eigenvalue weighted by Crippen LogP contribution is 2.30. The second-order valence-electron chi connectivity index (χ2n) is 7.09. The normalized spacial score (nSPS) is 14.7. The zero-order valence-electron chi connectivity index (χ0n) is 16.6. The summed E-state index contributed by atoms with van der Waals surface area (Å²) in [6, 6.07) is 7.59. The fourth-order valence-corrected chi connectivity index (χ4v) is 3.51. The quantitative estimate of drug-likeness (QED) is 0.510. The third kappa shape index (κ3) is 4.71. The second-order valence-corrected chi connectivity index (χ2v) is 7.09. The summed E-state index contributed by atoms with van der Waals surface area (Å²) in [4.78, 5) is 26.4. The number of aliphatic carboxylic acids is 1. The first-order valence-corrected chi connectivity index (χ1v) is 9.70. The maximum atomic E-state index is 12.9. The predicted octanol–water partition coefficient (Wildman–Crippen LogP) is 2.11. The first-order valence-electron chi connectivity index (χ1n) is 9.70. The molecule has 3 aromatic rings. The number of anilines is 1. The molecule has 1 aromatic carbocycles. The molecule has 3 heterocycles. The lowest BCUT2D eigenvalue weighted by atomic mass is 9.88. The maximum Gasteiger partial charge on any atom is 0.387 e. The Balaban J connectivity index is 1.39. The molecule has 13 heteroatoms. The number of ether oxygens (including phenoxy) is 1. The largest absolute Gasteiger partial charge is 0.480 e. The van der Waals surface area contributed by atoms with Crippen LogP contribution in [0, 0.1) is 5.92 Å². The van der Waals surface area contributed by atoms with Crippen molar-refractivity contribution in [1.29, 1.82) is 0 Å². The number of nitrogens with zero attached hydrogens (tertiary/aromatic N) is 6. The molecule has 2 aromatic heterocycles. The summed E-state index contributed by atoms with van der Waals surface area (Å²) >= 11 is 0. The fourth-order valence-electron chi connectivity index (χ4n) is 3.51. The SMILES string of the molecule is O=C(O)Cn1nnc(-c2cc(N3CCC(C(=O)c4ccccc4OC(F)F)CC3)no2)n1. The Morgan fingerprint density at radius 2 is 2.00 bits per heavy atom. The van der Waals surface area contributed by atoms with Crippen molar-refractivity contribution < 1.29 is 32.7 Å². The number of rotatable bonds is 8. The number of para-hydroxylation sites is 1. The van der Waals surface area contributed by atoms with Crippen molar-refractivity contribution in [1.82, 2.24) is 25.4 Å². The Morgan fingerprint density at radius 3 is 2.72 bits per heavy atom. The van der Waals surface area contributed by atoms with Gasteiger partial charge < -0.3 is 19.3 Å². The first-order chi connectivity index (χ1) is 15.4. The summed E-state index contributed by atoms with van der Waals surface area (Å²) in [7, 11) is 0. The van der Waals surface area contributed by atoms with Crippen LogP contribution in [-0.2, 0) is 11.3 Å². The van der Waals surface area contributed by atoms with E-state index < -0.39 is 19.1 Å². The van der Waals surface area contributed by atoms with Crippen LogP contribution in [-0.4, -0.2) is 61.9 Å². The molecule has 0 aliphatic carbocycles. The van der Waals surface area contributed by atoms with Gasteiger partial charge in [-0.2, -0.15) is 13.6 Å². The average Bonchev–Trinajstić information content (AvgIpc) is 3.43. The molecule has 0 atom stereocenters. The van der Waals surface area contributed by atoms with Gasteiger partial charge >= 0.3 is 12.6 Å². The summed E-state index contributed by atoms with van der Waals surface area (Å²) < 4.78 is 35.0. The van der Waals surface area contributed by atoms with Crippen molar-refractivity contribution in [3.8, 4) is 17.3 Å². The maximum absolute atomic E-state index is 12.9. The molecule has 4 rings (SSSR count). The number of halogens is 2. The Bertz CT molecular complexity index is 1110. The number of hydrogen-bond acceptors (Lipinski definition) is 9. The highest BCUT2D eigenvalue weighted by atomic mass is 19.3. The van der Waals surface area contributed by atoms with Crippen LogP contribution in [0.15, 0.2) is 34.9 Å². The molecule has 1 N–H and O–H groups in total. The van der Waals surface area contributed by atoms with E-state index in [4.69, 9.17) is 9.63 Å². The van der Waals surface area contributed by atoms with Crippen LogP contribution in [0.5, 0.6) is 5.75 Å². The highest BCUT2D eigenvalue weighted by molar-refractivity contribution is 6.00. The van der Waals surface area contributed by atoms with Gasteiger partial charge in [-0.1, -0.05) is 17.3 Å². The lowest BCUT2D eigenvalue weighted by molar-refractivity contribution is -0.138. The van der Waals surface area contributed by atoms with Gasteiger partial charge in [0.05, 0.1) is 5.56 Å². The summed E-state index contributed by atoms with van der Waals surface area (Å²) in [5.74, 6) is -0.952. The number of carboxylic acid groups (broad SMARTS) is 1. The number of piperidine rings is 1. The molecule has 0 unspecified atom stereocenters. The van der Waals surface area contributed by atoms with Crippen molar-refractivity contribution in [2.75, 3.05) is 18.0 Å². The Kier molecular flexibility index (Phi) is 6.05. The van der Waals surface area contributed by atoms with Crippen molar-refractivity contribution in [2.45, 2.75) is 26.0 Å². The Morgan fingerprint density at radius 1 is 1.25 bits per heavy atom. The lowest BCUT2D eigenvalue weighted by Gasteiger charge is -2.31. The molecule has 1 saturated heterocycles. The van der Waals surface area contributed by atoms with E-state index in [2.05, 4.69) is 25.3 Å². The third-order valence-electron chi connectivity index (χ3n) is 5.01. The zero-order valence-corrected chi connectivity index (χ0v) is 16.6. The molecule has 0 radical (unpaired) electrons.